The first-order chi connectivity index (χ1) is 5.89. The maximum atomic E-state index is 9.77. The number of hydrogen-bond donors (Lipinski definition) is 5. The first kappa shape index (κ1) is 24.7. The van der Waals surface area contributed by atoms with E-state index in [1.54, 1.807) is 0 Å². The van der Waals surface area contributed by atoms with Gasteiger partial charge in [-0.2, -0.15) is 0 Å². The van der Waals surface area contributed by atoms with Crippen LogP contribution in [0.25, 0.3) is 0 Å². The molecular weight excluding hydrogens is 254 g/mol. The van der Waals surface area contributed by atoms with E-state index in [0.29, 0.717) is 0 Å². The molecule has 96 valence electrons. The largest absolute Gasteiger partial charge is 0.479 e. The maximum absolute atomic E-state index is 9.77. The third kappa shape index (κ3) is 16.0. The zero-order valence-electron chi connectivity index (χ0n) is 9.81. The summed E-state index contributed by atoms with van der Waals surface area (Å²) in [6.07, 6.45) is 0. The van der Waals surface area contributed by atoms with E-state index in [4.69, 9.17) is 20.4 Å². The van der Waals surface area contributed by atoms with Crippen LogP contribution >= 0.6 is 0 Å². The Morgan fingerprint density at radius 1 is 0.812 bits per heavy atom. The normalized spacial score (nSPS) is 9.88. The zero-order valence-corrected chi connectivity index (χ0v) is 11.4. The smallest absolute Gasteiger partial charge is 0.335 e. The van der Waals surface area contributed by atoms with Gasteiger partial charge in [-0.15, -0.1) is 0 Å². The van der Waals surface area contributed by atoms with E-state index in [-0.39, 0.29) is 27.9 Å². The first-order valence-corrected chi connectivity index (χ1v) is 3.80. The van der Waals surface area contributed by atoms with E-state index in [0.717, 1.165) is 0 Å². The molecule has 0 atom stereocenters. The van der Waals surface area contributed by atoms with Gasteiger partial charge in [-0.25, -0.2) is 9.59 Å². The Hall–Kier alpha value is -0.466. The second-order valence-electron chi connectivity index (χ2n) is 3.73. The quantitative estimate of drug-likeness (QED) is 0.438. The van der Waals surface area contributed by atoms with Crippen LogP contribution in [-0.2, 0) is 31.3 Å². The van der Waals surface area contributed by atoms with Crippen LogP contribution in [0.4, 0.5) is 0 Å². The van der Waals surface area contributed by atoms with Gasteiger partial charge in [0, 0.05) is 21.7 Å². The summed E-state index contributed by atoms with van der Waals surface area (Å²) in [5.41, 5.74) is -3.17. The van der Waals surface area contributed by atoms with Crippen molar-refractivity contribution in [2.45, 2.75) is 38.9 Å². The van der Waals surface area contributed by atoms with E-state index < -0.39 is 23.1 Å². The summed E-state index contributed by atoms with van der Waals surface area (Å²) in [7, 11) is 0. The Balaban J connectivity index is -0.0000000800. The van der Waals surface area contributed by atoms with Gasteiger partial charge in [0.15, 0.2) is 11.2 Å². The number of rotatable bonds is 2. The zero-order chi connectivity index (χ0) is 12.2. The van der Waals surface area contributed by atoms with Crippen LogP contribution in [0.15, 0.2) is 0 Å². The van der Waals surface area contributed by atoms with Gasteiger partial charge in [0.25, 0.3) is 0 Å². The van der Waals surface area contributed by atoms with Gasteiger partial charge in [-0.3, -0.25) is 0 Å². The molecule has 0 fully saturated rings. The Kier molecular flexibility index (Phi) is 13.3. The summed E-state index contributed by atoms with van der Waals surface area (Å²) in [6.45, 7) is 4.87. The molecule has 0 saturated heterocycles. The first-order valence-electron chi connectivity index (χ1n) is 3.80. The van der Waals surface area contributed by atoms with Gasteiger partial charge in [-0.1, -0.05) is 0 Å². The Morgan fingerprint density at radius 3 is 0.875 bits per heavy atom. The van der Waals surface area contributed by atoms with Crippen LogP contribution in [0, 0.1) is 0 Å². The van der Waals surface area contributed by atoms with E-state index in [9.17, 15) is 9.59 Å². The SMILES string of the molecule is CC(C)(O)C(=O)O.CC(C)(O)C(=O)O.N.[Ti]. The van der Waals surface area contributed by atoms with Crippen molar-refractivity contribution in [3.63, 3.8) is 0 Å². The molecule has 0 spiro atoms. The molecule has 7 N–H and O–H groups in total. The molecule has 0 aromatic heterocycles. The number of carboxylic acid groups (broad SMARTS) is 2. The van der Waals surface area contributed by atoms with E-state index in [1.807, 2.05) is 0 Å². The van der Waals surface area contributed by atoms with Crippen LogP contribution in [-0.4, -0.2) is 43.6 Å². The Morgan fingerprint density at radius 2 is 0.875 bits per heavy atom. The van der Waals surface area contributed by atoms with E-state index >= 15 is 0 Å². The third-order valence-corrected chi connectivity index (χ3v) is 1.05. The molecule has 0 aliphatic heterocycles. The molecule has 0 radical (unpaired) electrons. The molecular formula is C8H19NO6Ti. The fourth-order valence-electron chi connectivity index (χ4n) is 0. The summed E-state index contributed by atoms with van der Waals surface area (Å²) < 4.78 is 0. The van der Waals surface area contributed by atoms with Crippen LogP contribution in [0.5, 0.6) is 0 Å². The number of hydrogen-bond acceptors (Lipinski definition) is 5. The average molecular weight is 273 g/mol. The van der Waals surface area contributed by atoms with Crippen molar-refractivity contribution in [2.24, 2.45) is 0 Å². The molecule has 7 nitrogen and oxygen atoms in total. The molecule has 0 amide bonds. The number of carbonyl (C=O) groups is 2. The molecule has 0 unspecified atom stereocenters. The van der Waals surface area contributed by atoms with Gasteiger partial charge in [0.2, 0.25) is 0 Å². The second kappa shape index (κ2) is 8.66. The topological polar surface area (TPSA) is 150 Å². The molecule has 0 aliphatic carbocycles. The van der Waals surface area contributed by atoms with Crippen LogP contribution in [0.3, 0.4) is 0 Å². The molecule has 0 bridgehead atoms. The van der Waals surface area contributed by atoms with Crippen molar-refractivity contribution in [1.82, 2.24) is 6.15 Å². The van der Waals surface area contributed by atoms with Gasteiger partial charge >= 0.3 is 11.9 Å². The summed E-state index contributed by atoms with van der Waals surface area (Å²) >= 11 is 0. The van der Waals surface area contributed by atoms with Crippen molar-refractivity contribution < 1.29 is 51.7 Å². The van der Waals surface area contributed by atoms with E-state index in [1.165, 1.54) is 27.7 Å². The van der Waals surface area contributed by atoms with Gasteiger partial charge < -0.3 is 26.6 Å². The fourth-order valence-corrected chi connectivity index (χ4v) is 0. The van der Waals surface area contributed by atoms with Crippen molar-refractivity contribution >= 4 is 11.9 Å². The molecule has 0 rings (SSSR count). The fraction of sp³-hybridized carbons (Fsp3) is 0.750. The second-order valence-corrected chi connectivity index (χ2v) is 3.73. The monoisotopic (exact) mass is 273 g/mol. The third-order valence-electron chi connectivity index (χ3n) is 1.05. The van der Waals surface area contributed by atoms with Crippen molar-refractivity contribution in [3.8, 4) is 0 Å². The summed E-state index contributed by atoms with van der Waals surface area (Å²) in [6, 6.07) is 0. The number of carboxylic acids is 2. The van der Waals surface area contributed by atoms with Crippen LogP contribution in [0.2, 0.25) is 0 Å². The summed E-state index contributed by atoms with van der Waals surface area (Å²) in [5.74, 6) is -2.40. The Labute approximate surface area is 109 Å². The summed E-state index contributed by atoms with van der Waals surface area (Å²) in [4.78, 5) is 19.5. The molecule has 0 aromatic carbocycles. The predicted octanol–water partition coefficient (Wildman–Crippen LogP) is -0.157. The maximum Gasteiger partial charge on any atom is 0.335 e. The van der Waals surface area contributed by atoms with Gasteiger partial charge in [0.1, 0.15) is 0 Å². The van der Waals surface area contributed by atoms with Crippen LogP contribution < -0.4 is 6.15 Å². The van der Waals surface area contributed by atoms with Crippen molar-refractivity contribution in [3.05, 3.63) is 0 Å². The Bertz CT molecular complexity index is 194. The minimum absolute atomic E-state index is 0. The molecule has 0 aromatic rings. The van der Waals surface area contributed by atoms with Gasteiger partial charge in [-0.05, 0) is 27.7 Å². The number of aliphatic carboxylic acids is 2. The standard InChI is InChI=1S/2C4H8O3.H3N.Ti/c2*1-4(2,7)3(5)6;;/h2*7H,1-2H3,(H,5,6);1H3;. The number of aliphatic hydroxyl groups is 2. The predicted molar refractivity (Wildman–Crippen MR) is 52.9 cm³/mol. The summed E-state index contributed by atoms with van der Waals surface area (Å²) in [5, 5.41) is 33.0. The molecule has 16 heavy (non-hydrogen) atoms. The van der Waals surface area contributed by atoms with Crippen LogP contribution in [0.1, 0.15) is 27.7 Å². The van der Waals surface area contributed by atoms with Gasteiger partial charge in [0.05, 0.1) is 0 Å². The average Bonchev–Trinajstić information content (AvgIpc) is 1.83. The molecule has 0 saturated carbocycles. The molecule has 0 aliphatic rings. The minimum atomic E-state index is -1.58. The molecule has 0 heterocycles. The molecule has 8 heteroatoms. The minimum Gasteiger partial charge on any atom is -0.479 e. The van der Waals surface area contributed by atoms with Crippen molar-refractivity contribution in [2.75, 3.05) is 0 Å². The van der Waals surface area contributed by atoms with Crippen molar-refractivity contribution in [1.29, 1.82) is 0 Å². The van der Waals surface area contributed by atoms with E-state index in [2.05, 4.69) is 0 Å².